The molecule has 5 rings (SSSR count). The van der Waals surface area contributed by atoms with E-state index < -0.39 is 0 Å². The van der Waals surface area contributed by atoms with Crippen LogP contribution in [0.2, 0.25) is 0 Å². The maximum absolute atomic E-state index is 6.49. The minimum absolute atomic E-state index is 0.207. The van der Waals surface area contributed by atoms with Gasteiger partial charge in [0.15, 0.2) is 11.5 Å². The van der Waals surface area contributed by atoms with Crippen molar-refractivity contribution >= 4 is 22.7 Å². The minimum atomic E-state index is -0.256. The molecule has 5 aliphatic rings. The second-order valence-corrected chi connectivity index (χ2v) is 11.8. The molecule has 0 aromatic carbocycles. The quantitative estimate of drug-likeness (QED) is 0.441. The molecule has 4 atom stereocenters. The number of hydrogen-bond donors (Lipinski definition) is 1. The molecule has 0 aromatic heterocycles. The molecule has 1 saturated carbocycles. The highest BCUT2D eigenvalue weighted by Gasteiger charge is 2.44. The second-order valence-electron chi connectivity index (χ2n) is 11.5. The first-order chi connectivity index (χ1) is 15.7. The van der Waals surface area contributed by atoms with E-state index in [2.05, 4.69) is 92.7 Å². The van der Waals surface area contributed by atoms with Crippen LogP contribution in [0.15, 0.2) is 81.4 Å². The van der Waals surface area contributed by atoms with E-state index in [1.165, 1.54) is 24.0 Å². The number of amidine groups is 2. The van der Waals surface area contributed by atoms with Gasteiger partial charge in [-0.1, -0.05) is 88.0 Å². The standard InChI is InChI=1S/C29H36ClN3/c1-28(2)16-17-29(3,4)24-18-22(14-15-23(24)28)26-31-25(32-27(30)33-26)21-12-10-20(11-13-21)19-8-6-5-7-9-19/h5-8,10-12,14,18-19,21,23,26H,9,13,15-17H2,1-4H3,(H,31,32,33). The summed E-state index contributed by atoms with van der Waals surface area (Å²) >= 11 is 6.49. The Labute approximate surface area is 203 Å². The summed E-state index contributed by atoms with van der Waals surface area (Å²) in [5.41, 5.74) is 4.72. The van der Waals surface area contributed by atoms with Gasteiger partial charge in [-0.15, -0.1) is 0 Å². The van der Waals surface area contributed by atoms with E-state index in [-0.39, 0.29) is 17.5 Å². The Morgan fingerprint density at radius 2 is 1.73 bits per heavy atom. The Hall–Kier alpha value is -2.13. The third-order valence-corrected chi connectivity index (χ3v) is 8.51. The van der Waals surface area contributed by atoms with Crippen LogP contribution in [0.1, 0.15) is 59.8 Å². The Morgan fingerprint density at radius 1 is 0.909 bits per heavy atom. The molecular weight excluding hydrogens is 426 g/mol. The van der Waals surface area contributed by atoms with E-state index >= 15 is 0 Å². The maximum atomic E-state index is 6.49. The maximum Gasteiger partial charge on any atom is 0.199 e. The predicted molar refractivity (Wildman–Crippen MR) is 140 cm³/mol. The molecule has 0 radical (unpaired) electrons. The Bertz CT molecular complexity index is 1060. The van der Waals surface area contributed by atoms with Crippen LogP contribution in [0.25, 0.3) is 0 Å². The van der Waals surface area contributed by atoms with Gasteiger partial charge in [-0.05, 0) is 71.6 Å². The van der Waals surface area contributed by atoms with E-state index in [0.29, 0.717) is 22.5 Å². The summed E-state index contributed by atoms with van der Waals surface area (Å²) in [6.07, 6.45) is 25.8. The first kappa shape index (κ1) is 22.7. The van der Waals surface area contributed by atoms with Crippen LogP contribution >= 0.6 is 11.6 Å². The molecule has 0 bridgehead atoms. The molecule has 4 aliphatic carbocycles. The number of fused-ring (bicyclic) bond motifs is 1. The van der Waals surface area contributed by atoms with Crippen LogP contribution < -0.4 is 5.32 Å². The third-order valence-electron chi connectivity index (χ3n) is 8.32. The van der Waals surface area contributed by atoms with Gasteiger partial charge < -0.3 is 5.32 Å². The van der Waals surface area contributed by atoms with Crippen molar-refractivity contribution in [3.05, 3.63) is 71.4 Å². The fourth-order valence-corrected chi connectivity index (χ4v) is 6.17. The molecule has 1 N–H and O–H groups in total. The lowest BCUT2D eigenvalue weighted by Crippen LogP contribution is -2.41. The average molecular weight is 462 g/mol. The monoisotopic (exact) mass is 461 g/mol. The van der Waals surface area contributed by atoms with Crippen molar-refractivity contribution < 1.29 is 0 Å². The molecule has 4 unspecified atom stereocenters. The number of nitrogens with zero attached hydrogens (tertiary/aromatic N) is 2. The van der Waals surface area contributed by atoms with E-state index in [4.69, 9.17) is 16.6 Å². The smallest absolute Gasteiger partial charge is 0.199 e. The fraction of sp³-hybridized carbons (Fsp3) is 0.517. The summed E-state index contributed by atoms with van der Waals surface area (Å²) in [6, 6.07) is 0. The molecule has 4 heteroatoms. The second kappa shape index (κ2) is 8.58. The number of rotatable bonds is 3. The molecule has 0 saturated heterocycles. The SMILES string of the molecule is CC1(C)CCC(C)(C)C2CC=C(C3N=C(Cl)NC(C4C=CC(C5C=CC=CC5)=CC4)=N3)C=C21. The normalized spacial score (nSPS) is 34.3. The summed E-state index contributed by atoms with van der Waals surface area (Å²) in [5.74, 6) is 2.22. The number of nitrogens with one attached hydrogen (secondary N) is 1. The highest BCUT2D eigenvalue weighted by atomic mass is 35.5. The van der Waals surface area contributed by atoms with Crippen molar-refractivity contribution in [3.8, 4) is 0 Å². The van der Waals surface area contributed by atoms with Gasteiger partial charge in [-0.25, -0.2) is 9.98 Å². The highest BCUT2D eigenvalue weighted by molar-refractivity contribution is 6.66. The zero-order valence-corrected chi connectivity index (χ0v) is 21.1. The third kappa shape index (κ3) is 4.49. The Kier molecular flexibility index (Phi) is 5.89. The first-order valence-electron chi connectivity index (χ1n) is 12.4. The van der Waals surface area contributed by atoms with E-state index in [1.807, 2.05) is 0 Å². The van der Waals surface area contributed by atoms with Gasteiger partial charge in [0.25, 0.3) is 0 Å². The van der Waals surface area contributed by atoms with Crippen molar-refractivity contribution in [2.75, 3.05) is 0 Å². The van der Waals surface area contributed by atoms with Crippen LogP contribution in [-0.2, 0) is 0 Å². The van der Waals surface area contributed by atoms with Crippen LogP contribution in [0.4, 0.5) is 0 Å². The summed E-state index contributed by atoms with van der Waals surface area (Å²) in [4.78, 5) is 9.73. The predicted octanol–water partition coefficient (Wildman–Crippen LogP) is 7.26. The number of allylic oxidation sites excluding steroid dienone is 9. The number of halogens is 1. The van der Waals surface area contributed by atoms with Gasteiger partial charge in [0, 0.05) is 11.8 Å². The van der Waals surface area contributed by atoms with Crippen molar-refractivity contribution in [2.24, 2.45) is 38.6 Å². The van der Waals surface area contributed by atoms with Crippen LogP contribution in [-0.4, -0.2) is 17.3 Å². The van der Waals surface area contributed by atoms with E-state index in [1.54, 1.807) is 5.57 Å². The van der Waals surface area contributed by atoms with Gasteiger partial charge in [-0.3, -0.25) is 0 Å². The first-order valence-corrected chi connectivity index (χ1v) is 12.8. The lowest BCUT2D eigenvalue weighted by atomic mass is 9.55. The summed E-state index contributed by atoms with van der Waals surface area (Å²) in [6.45, 7) is 9.63. The van der Waals surface area contributed by atoms with Gasteiger partial charge >= 0.3 is 0 Å². The molecule has 33 heavy (non-hydrogen) atoms. The topological polar surface area (TPSA) is 36.8 Å². The Balaban J connectivity index is 1.36. The average Bonchev–Trinajstić information content (AvgIpc) is 2.82. The van der Waals surface area contributed by atoms with Crippen LogP contribution in [0.5, 0.6) is 0 Å². The van der Waals surface area contributed by atoms with Crippen molar-refractivity contribution in [1.29, 1.82) is 0 Å². The largest absolute Gasteiger partial charge is 0.319 e. The van der Waals surface area contributed by atoms with Crippen molar-refractivity contribution in [3.63, 3.8) is 0 Å². The summed E-state index contributed by atoms with van der Waals surface area (Å²) in [7, 11) is 0. The fourth-order valence-electron chi connectivity index (χ4n) is 5.98. The molecule has 0 aromatic rings. The molecule has 0 spiro atoms. The zero-order chi connectivity index (χ0) is 23.2. The van der Waals surface area contributed by atoms with Crippen molar-refractivity contribution in [2.45, 2.75) is 66.0 Å². The minimum Gasteiger partial charge on any atom is -0.319 e. The van der Waals surface area contributed by atoms with Gasteiger partial charge in [0.2, 0.25) is 0 Å². The van der Waals surface area contributed by atoms with Crippen LogP contribution in [0, 0.1) is 28.6 Å². The molecule has 1 fully saturated rings. The van der Waals surface area contributed by atoms with E-state index in [9.17, 15) is 0 Å². The Morgan fingerprint density at radius 3 is 2.45 bits per heavy atom. The van der Waals surface area contributed by atoms with Gasteiger partial charge in [0.05, 0.1) is 0 Å². The summed E-state index contributed by atoms with van der Waals surface area (Å²) in [5, 5.41) is 3.69. The molecule has 0 amide bonds. The molecular formula is C29H36ClN3. The molecule has 3 nitrogen and oxygen atoms in total. The number of hydrogen-bond acceptors (Lipinski definition) is 3. The molecule has 1 heterocycles. The summed E-state index contributed by atoms with van der Waals surface area (Å²) < 4.78 is 0. The lowest BCUT2D eigenvalue weighted by Gasteiger charge is -2.50. The van der Waals surface area contributed by atoms with Gasteiger partial charge in [0.1, 0.15) is 5.84 Å². The molecule has 1 aliphatic heterocycles. The van der Waals surface area contributed by atoms with Gasteiger partial charge in [-0.2, -0.15) is 0 Å². The highest BCUT2D eigenvalue weighted by Crippen LogP contribution is 2.55. The van der Waals surface area contributed by atoms with Crippen molar-refractivity contribution in [1.82, 2.24) is 5.32 Å². The van der Waals surface area contributed by atoms with E-state index in [0.717, 1.165) is 25.1 Å². The zero-order valence-electron chi connectivity index (χ0n) is 20.3. The molecule has 174 valence electrons. The van der Waals surface area contributed by atoms with Crippen LogP contribution in [0.3, 0.4) is 0 Å². The lowest BCUT2D eigenvalue weighted by molar-refractivity contribution is 0.123. The number of aliphatic imine (C=N–C) groups is 2.